The Bertz CT molecular complexity index is 300. The third-order valence-corrected chi connectivity index (χ3v) is 5.40. The average molecular weight is 276 g/mol. The minimum Gasteiger partial charge on any atom is -0.300 e. The van der Waals surface area contributed by atoms with Crippen molar-refractivity contribution < 1.29 is 4.79 Å². The van der Waals surface area contributed by atoms with Gasteiger partial charge in [-0.1, -0.05) is 57.6 Å². The molecule has 20 heavy (non-hydrogen) atoms. The van der Waals surface area contributed by atoms with Crippen LogP contribution >= 0.6 is 0 Å². The van der Waals surface area contributed by atoms with Crippen LogP contribution in [0.25, 0.3) is 0 Å². The molecule has 0 heterocycles. The van der Waals surface area contributed by atoms with Crippen LogP contribution in [0.1, 0.15) is 84.0 Å². The van der Waals surface area contributed by atoms with Crippen molar-refractivity contribution in [3.05, 3.63) is 12.2 Å². The molecule has 0 aromatic rings. The summed E-state index contributed by atoms with van der Waals surface area (Å²) in [6.07, 6.45) is 20.0. The lowest BCUT2D eigenvalue weighted by Crippen LogP contribution is -2.14. The lowest BCUT2D eigenvalue weighted by Gasteiger charge is -2.28. The van der Waals surface area contributed by atoms with E-state index in [-0.39, 0.29) is 0 Å². The first-order chi connectivity index (χ1) is 9.78. The second-order valence-corrected chi connectivity index (χ2v) is 7.06. The van der Waals surface area contributed by atoms with E-state index in [1.54, 1.807) is 0 Å². The molecule has 2 aliphatic rings. The maximum atomic E-state index is 11.2. The lowest BCUT2D eigenvalue weighted by molar-refractivity contribution is -0.120. The standard InChI is InChI=1S/C19H32O/c1-2-5-16-8-10-17(11-9-16)6-3-4-7-18-12-14-19(20)15-13-18/h4,7,16-18H,2-3,5-6,8-15H2,1H3. The number of Topliss-reactive ketones (excluding diaryl/α,β-unsaturated/α-hetero) is 1. The van der Waals surface area contributed by atoms with Gasteiger partial charge in [0, 0.05) is 12.8 Å². The second kappa shape index (κ2) is 8.64. The van der Waals surface area contributed by atoms with Gasteiger partial charge in [0.25, 0.3) is 0 Å². The zero-order valence-corrected chi connectivity index (χ0v) is 13.3. The van der Waals surface area contributed by atoms with E-state index in [1.807, 2.05) is 0 Å². The Hall–Kier alpha value is -0.590. The molecule has 2 aliphatic carbocycles. The number of carbonyl (C=O) groups excluding carboxylic acids is 1. The Morgan fingerprint density at radius 1 is 0.950 bits per heavy atom. The van der Waals surface area contributed by atoms with Crippen LogP contribution in [0.15, 0.2) is 12.2 Å². The summed E-state index contributed by atoms with van der Waals surface area (Å²) in [5.41, 5.74) is 0. The molecule has 2 saturated carbocycles. The van der Waals surface area contributed by atoms with Crippen molar-refractivity contribution in [3.63, 3.8) is 0 Å². The lowest BCUT2D eigenvalue weighted by atomic mass is 9.78. The van der Waals surface area contributed by atoms with Crippen LogP contribution in [0.4, 0.5) is 0 Å². The van der Waals surface area contributed by atoms with E-state index in [2.05, 4.69) is 19.1 Å². The second-order valence-electron chi connectivity index (χ2n) is 7.06. The molecule has 0 bridgehead atoms. The first kappa shape index (κ1) is 15.8. The minimum absolute atomic E-state index is 0.471. The van der Waals surface area contributed by atoms with Crippen LogP contribution in [0.2, 0.25) is 0 Å². The molecule has 0 saturated heterocycles. The predicted molar refractivity (Wildman–Crippen MR) is 85.7 cm³/mol. The van der Waals surface area contributed by atoms with E-state index in [9.17, 15) is 4.79 Å². The molecule has 2 rings (SSSR count). The number of hydrogen-bond acceptors (Lipinski definition) is 1. The maximum absolute atomic E-state index is 11.2. The van der Waals surface area contributed by atoms with Crippen LogP contribution in [-0.4, -0.2) is 5.78 Å². The highest BCUT2D eigenvalue weighted by Gasteiger charge is 2.20. The van der Waals surface area contributed by atoms with Gasteiger partial charge in [0.2, 0.25) is 0 Å². The van der Waals surface area contributed by atoms with E-state index in [4.69, 9.17) is 0 Å². The van der Waals surface area contributed by atoms with E-state index >= 15 is 0 Å². The van der Waals surface area contributed by atoms with E-state index < -0.39 is 0 Å². The Labute approximate surface area is 125 Å². The van der Waals surface area contributed by atoms with Crippen LogP contribution in [0.5, 0.6) is 0 Å². The van der Waals surface area contributed by atoms with Crippen LogP contribution < -0.4 is 0 Å². The van der Waals surface area contributed by atoms with Crippen molar-refractivity contribution in [3.8, 4) is 0 Å². The van der Waals surface area contributed by atoms with Crippen molar-refractivity contribution in [2.45, 2.75) is 84.0 Å². The fourth-order valence-corrected chi connectivity index (χ4v) is 3.99. The van der Waals surface area contributed by atoms with Gasteiger partial charge in [-0.15, -0.1) is 0 Å². The molecular weight excluding hydrogens is 244 g/mol. The van der Waals surface area contributed by atoms with Gasteiger partial charge in [-0.05, 0) is 43.4 Å². The molecule has 0 N–H and O–H groups in total. The molecule has 0 aliphatic heterocycles. The Morgan fingerprint density at radius 2 is 1.55 bits per heavy atom. The third kappa shape index (κ3) is 5.42. The Morgan fingerprint density at radius 3 is 2.15 bits per heavy atom. The fraction of sp³-hybridized carbons (Fsp3) is 0.842. The summed E-state index contributed by atoms with van der Waals surface area (Å²) in [6.45, 7) is 2.32. The van der Waals surface area contributed by atoms with Gasteiger partial charge in [-0.3, -0.25) is 4.79 Å². The predicted octanol–water partition coefficient (Wildman–Crippen LogP) is 5.69. The molecular formula is C19H32O. The molecule has 0 amide bonds. The number of allylic oxidation sites excluding steroid dienone is 2. The van der Waals surface area contributed by atoms with E-state index in [0.29, 0.717) is 11.7 Å². The molecule has 0 aromatic carbocycles. The van der Waals surface area contributed by atoms with Crippen molar-refractivity contribution >= 4 is 5.78 Å². The van der Waals surface area contributed by atoms with Crippen molar-refractivity contribution in [1.82, 2.24) is 0 Å². The number of rotatable bonds is 6. The van der Waals surface area contributed by atoms with Crippen molar-refractivity contribution in [1.29, 1.82) is 0 Å². The Kier molecular flexibility index (Phi) is 6.82. The van der Waals surface area contributed by atoms with Gasteiger partial charge in [0.1, 0.15) is 5.78 Å². The maximum Gasteiger partial charge on any atom is 0.132 e. The topological polar surface area (TPSA) is 17.1 Å². The van der Waals surface area contributed by atoms with Crippen LogP contribution in [0.3, 0.4) is 0 Å². The SMILES string of the molecule is CCCC1CCC(CCC=CC2CCC(=O)CC2)CC1. The van der Waals surface area contributed by atoms with E-state index in [1.165, 1.54) is 51.4 Å². The van der Waals surface area contributed by atoms with Gasteiger partial charge in [0.05, 0.1) is 0 Å². The largest absolute Gasteiger partial charge is 0.300 e. The Balaban J connectivity index is 1.56. The molecule has 0 spiro atoms. The summed E-state index contributed by atoms with van der Waals surface area (Å²) >= 11 is 0. The molecule has 0 unspecified atom stereocenters. The smallest absolute Gasteiger partial charge is 0.132 e. The highest BCUT2D eigenvalue weighted by Crippen LogP contribution is 2.34. The van der Waals surface area contributed by atoms with Gasteiger partial charge in [-0.2, -0.15) is 0 Å². The zero-order chi connectivity index (χ0) is 14.2. The summed E-state index contributed by atoms with van der Waals surface area (Å²) in [5.74, 6) is 3.18. The van der Waals surface area contributed by atoms with E-state index in [0.717, 1.165) is 37.5 Å². The van der Waals surface area contributed by atoms with Gasteiger partial charge in [-0.25, -0.2) is 0 Å². The molecule has 0 aromatic heterocycles. The molecule has 0 radical (unpaired) electrons. The first-order valence-electron chi connectivity index (χ1n) is 8.96. The van der Waals surface area contributed by atoms with Gasteiger partial charge < -0.3 is 0 Å². The molecule has 1 heteroatoms. The zero-order valence-electron chi connectivity index (χ0n) is 13.3. The monoisotopic (exact) mass is 276 g/mol. The van der Waals surface area contributed by atoms with Gasteiger partial charge in [0.15, 0.2) is 0 Å². The molecule has 1 nitrogen and oxygen atoms in total. The average Bonchev–Trinajstić information content (AvgIpc) is 2.47. The van der Waals surface area contributed by atoms with Crippen molar-refractivity contribution in [2.75, 3.05) is 0 Å². The number of hydrogen-bond donors (Lipinski definition) is 0. The van der Waals surface area contributed by atoms with Crippen molar-refractivity contribution in [2.24, 2.45) is 17.8 Å². The van der Waals surface area contributed by atoms with Gasteiger partial charge >= 0.3 is 0 Å². The number of ketones is 1. The van der Waals surface area contributed by atoms with Crippen LogP contribution in [-0.2, 0) is 4.79 Å². The summed E-state index contributed by atoms with van der Waals surface area (Å²) in [6, 6.07) is 0. The summed E-state index contributed by atoms with van der Waals surface area (Å²) < 4.78 is 0. The quantitative estimate of drug-likeness (QED) is 0.570. The minimum atomic E-state index is 0.471. The molecule has 2 fully saturated rings. The fourth-order valence-electron chi connectivity index (χ4n) is 3.99. The summed E-state index contributed by atoms with van der Waals surface area (Å²) in [4.78, 5) is 11.2. The highest BCUT2D eigenvalue weighted by atomic mass is 16.1. The number of carbonyl (C=O) groups is 1. The molecule has 0 atom stereocenters. The summed E-state index contributed by atoms with van der Waals surface area (Å²) in [7, 11) is 0. The normalized spacial score (nSPS) is 29.1. The third-order valence-electron chi connectivity index (χ3n) is 5.40. The summed E-state index contributed by atoms with van der Waals surface area (Å²) in [5, 5.41) is 0. The van der Waals surface area contributed by atoms with Crippen LogP contribution in [0, 0.1) is 17.8 Å². The first-order valence-corrected chi connectivity index (χ1v) is 8.96. The molecule has 114 valence electrons. The highest BCUT2D eigenvalue weighted by molar-refractivity contribution is 5.79.